The normalized spacial score (nSPS) is 20.7. The number of benzene rings is 1. The van der Waals surface area contributed by atoms with E-state index in [4.69, 9.17) is 0 Å². The number of nitrogens with zero attached hydrogens (tertiary/aromatic N) is 1. The lowest BCUT2D eigenvalue weighted by atomic mass is 10.3. The van der Waals surface area contributed by atoms with Crippen molar-refractivity contribution in [1.82, 2.24) is 15.3 Å². The van der Waals surface area contributed by atoms with Gasteiger partial charge in [-0.1, -0.05) is 23.9 Å². The maximum atomic E-state index is 11.8. The van der Waals surface area contributed by atoms with E-state index in [1.165, 1.54) is 11.8 Å². The second-order valence-corrected chi connectivity index (χ2v) is 8.21. The predicted octanol–water partition coefficient (Wildman–Crippen LogP) is 0.958. The Hall–Kier alpha value is -1.54. The number of amides is 1. The molecule has 0 saturated carbocycles. The molecule has 0 spiro atoms. The lowest BCUT2D eigenvalue weighted by Gasteiger charge is -2.09. The molecule has 0 unspecified atom stereocenters. The van der Waals surface area contributed by atoms with E-state index in [2.05, 4.69) is 15.3 Å². The number of imidazole rings is 1. The van der Waals surface area contributed by atoms with Crippen molar-refractivity contribution in [3.63, 3.8) is 0 Å². The standard InChI is InChI=1S/C13H15N3O3S2/c17-12(14-9-5-6-21(18,19)8-9)7-20-13-15-10-3-1-2-4-11(10)16-13/h1-4,9H,5-8H2,(H,14,17)(H,15,16)/t9-/m1/s1. The number of thioether (sulfide) groups is 1. The molecule has 0 bridgehead atoms. The van der Waals surface area contributed by atoms with Gasteiger partial charge < -0.3 is 10.3 Å². The van der Waals surface area contributed by atoms with Gasteiger partial charge in [-0.25, -0.2) is 13.4 Å². The van der Waals surface area contributed by atoms with Crippen LogP contribution in [0.5, 0.6) is 0 Å². The fraction of sp³-hybridized carbons (Fsp3) is 0.385. The van der Waals surface area contributed by atoms with Gasteiger partial charge in [0.05, 0.1) is 28.3 Å². The van der Waals surface area contributed by atoms with Crippen molar-refractivity contribution in [2.45, 2.75) is 17.6 Å². The van der Waals surface area contributed by atoms with Crippen LogP contribution in [0.25, 0.3) is 11.0 Å². The smallest absolute Gasteiger partial charge is 0.230 e. The van der Waals surface area contributed by atoms with Gasteiger partial charge in [-0.05, 0) is 18.6 Å². The van der Waals surface area contributed by atoms with Gasteiger partial charge >= 0.3 is 0 Å². The quantitative estimate of drug-likeness (QED) is 0.817. The minimum Gasteiger partial charge on any atom is -0.352 e. The number of fused-ring (bicyclic) bond motifs is 1. The molecule has 2 heterocycles. The number of rotatable bonds is 4. The average molecular weight is 325 g/mol. The zero-order valence-corrected chi connectivity index (χ0v) is 12.8. The van der Waals surface area contributed by atoms with E-state index in [0.717, 1.165) is 11.0 Å². The molecule has 1 aliphatic heterocycles. The summed E-state index contributed by atoms with van der Waals surface area (Å²) in [5.41, 5.74) is 1.80. The van der Waals surface area contributed by atoms with E-state index in [1.807, 2.05) is 24.3 Å². The van der Waals surface area contributed by atoms with Crippen LogP contribution in [0.15, 0.2) is 29.4 Å². The van der Waals surface area contributed by atoms with Gasteiger partial charge in [0.25, 0.3) is 0 Å². The largest absolute Gasteiger partial charge is 0.352 e. The average Bonchev–Trinajstić information content (AvgIpc) is 2.99. The van der Waals surface area contributed by atoms with Gasteiger partial charge in [-0.3, -0.25) is 4.79 Å². The zero-order chi connectivity index (χ0) is 14.9. The molecule has 1 aliphatic rings. The lowest BCUT2D eigenvalue weighted by molar-refractivity contribution is -0.119. The molecule has 1 aromatic carbocycles. The SMILES string of the molecule is O=C(CSc1nc2ccccc2[nH]1)N[C@@H]1CCS(=O)(=O)C1. The molecular weight excluding hydrogens is 310 g/mol. The van der Waals surface area contributed by atoms with Crippen LogP contribution in [0.2, 0.25) is 0 Å². The van der Waals surface area contributed by atoms with E-state index >= 15 is 0 Å². The second-order valence-electron chi connectivity index (χ2n) is 5.02. The highest BCUT2D eigenvalue weighted by Crippen LogP contribution is 2.19. The van der Waals surface area contributed by atoms with E-state index in [1.54, 1.807) is 0 Å². The maximum absolute atomic E-state index is 11.8. The number of hydrogen-bond acceptors (Lipinski definition) is 5. The molecule has 1 aromatic heterocycles. The molecule has 3 rings (SSSR count). The predicted molar refractivity (Wildman–Crippen MR) is 82.0 cm³/mol. The Morgan fingerprint density at radius 1 is 1.43 bits per heavy atom. The first-order chi connectivity index (χ1) is 10.0. The Morgan fingerprint density at radius 2 is 2.24 bits per heavy atom. The number of H-pyrrole nitrogens is 1. The van der Waals surface area contributed by atoms with Crippen molar-refractivity contribution < 1.29 is 13.2 Å². The van der Waals surface area contributed by atoms with Gasteiger partial charge in [0, 0.05) is 6.04 Å². The fourth-order valence-electron chi connectivity index (χ4n) is 2.31. The summed E-state index contributed by atoms with van der Waals surface area (Å²) in [5.74, 6) is 0.265. The van der Waals surface area contributed by atoms with Gasteiger partial charge in [-0.2, -0.15) is 0 Å². The highest BCUT2D eigenvalue weighted by Gasteiger charge is 2.28. The van der Waals surface area contributed by atoms with Crippen LogP contribution >= 0.6 is 11.8 Å². The first-order valence-electron chi connectivity index (χ1n) is 6.59. The minimum absolute atomic E-state index is 0.0496. The molecular formula is C13H15N3O3S2. The summed E-state index contributed by atoms with van der Waals surface area (Å²) < 4.78 is 22.7. The maximum Gasteiger partial charge on any atom is 0.230 e. The molecule has 1 amide bonds. The van der Waals surface area contributed by atoms with Gasteiger partial charge in [0.2, 0.25) is 5.91 Å². The first-order valence-corrected chi connectivity index (χ1v) is 9.40. The van der Waals surface area contributed by atoms with Gasteiger partial charge in [0.15, 0.2) is 15.0 Å². The summed E-state index contributed by atoms with van der Waals surface area (Å²) in [6, 6.07) is 7.40. The number of carbonyl (C=O) groups is 1. The number of nitrogens with one attached hydrogen (secondary N) is 2. The summed E-state index contributed by atoms with van der Waals surface area (Å²) >= 11 is 1.31. The molecule has 1 saturated heterocycles. The van der Waals surface area contributed by atoms with Crippen molar-refractivity contribution in [3.8, 4) is 0 Å². The van der Waals surface area contributed by atoms with Crippen molar-refractivity contribution in [3.05, 3.63) is 24.3 Å². The van der Waals surface area contributed by atoms with Crippen molar-refractivity contribution >= 4 is 38.5 Å². The molecule has 1 fully saturated rings. The van der Waals surface area contributed by atoms with Crippen molar-refractivity contribution in [2.24, 2.45) is 0 Å². The Morgan fingerprint density at radius 3 is 2.95 bits per heavy atom. The second kappa shape index (κ2) is 5.69. The third-order valence-corrected chi connectivity index (χ3v) is 5.95. The van der Waals surface area contributed by atoms with E-state index in [0.29, 0.717) is 11.6 Å². The van der Waals surface area contributed by atoms with Crippen LogP contribution in [0.3, 0.4) is 0 Å². The summed E-state index contributed by atoms with van der Waals surface area (Å²) in [6.45, 7) is 0. The molecule has 1 atom stereocenters. The summed E-state index contributed by atoms with van der Waals surface area (Å²) in [6.07, 6.45) is 0.503. The molecule has 21 heavy (non-hydrogen) atoms. The van der Waals surface area contributed by atoms with E-state index in [-0.39, 0.29) is 29.2 Å². The Balaban J connectivity index is 1.54. The van der Waals surface area contributed by atoms with E-state index in [9.17, 15) is 13.2 Å². The van der Waals surface area contributed by atoms with E-state index < -0.39 is 9.84 Å². The van der Waals surface area contributed by atoms with Crippen LogP contribution in [0.4, 0.5) is 0 Å². The summed E-state index contributed by atoms with van der Waals surface area (Å²) in [4.78, 5) is 19.3. The Kier molecular flexibility index (Phi) is 3.90. The molecule has 112 valence electrons. The molecule has 8 heteroatoms. The molecule has 2 N–H and O–H groups in total. The van der Waals surface area contributed by atoms with Crippen molar-refractivity contribution in [2.75, 3.05) is 17.3 Å². The third kappa shape index (κ3) is 3.56. The first kappa shape index (κ1) is 14.4. The minimum atomic E-state index is -2.97. The fourth-order valence-corrected chi connectivity index (χ4v) is 4.68. The van der Waals surface area contributed by atoms with Crippen LogP contribution in [-0.2, 0) is 14.6 Å². The van der Waals surface area contributed by atoms with Gasteiger partial charge in [0.1, 0.15) is 0 Å². The zero-order valence-electron chi connectivity index (χ0n) is 11.2. The van der Waals surface area contributed by atoms with Crippen LogP contribution < -0.4 is 5.32 Å². The van der Waals surface area contributed by atoms with Crippen molar-refractivity contribution in [1.29, 1.82) is 0 Å². The molecule has 6 nitrogen and oxygen atoms in total. The third-order valence-electron chi connectivity index (χ3n) is 3.31. The number of aromatic amines is 1. The summed E-state index contributed by atoms with van der Waals surface area (Å²) in [7, 11) is -2.97. The summed E-state index contributed by atoms with van der Waals surface area (Å²) in [5, 5.41) is 3.44. The molecule has 2 aromatic rings. The highest BCUT2D eigenvalue weighted by atomic mass is 32.2. The topological polar surface area (TPSA) is 91.9 Å². The molecule has 0 radical (unpaired) electrons. The van der Waals surface area contributed by atoms with Crippen LogP contribution in [-0.4, -0.2) is 47.6 Å². The number of sulfone groups is 1. The number of carbonyl (C=O) groups excluding carboxylic acids is 1. The number of hydrogen-bond donors (Lipinski definition) is 2. The Bertz CT molecular complexity index is 737. The number of aromatic nitrogens is 2. The Labute approximate surface area is 126 Å². The molecule has 0 aliphatic carbocycles. The van der Waals surface area contributed by atoms with Gasteiger partial charge in [-0.15, -0.1) is 0 Å². The highest BCUT2D eigenvalue weighted by molar-refractivity contribution is 7.99. The monoisotopic (exact) mass is 325 g/mol. The van der Waals surface area contributed by atoms with Crippen LogP contribution in [0, 0.1) is 0 Å². The lowest BCUT2D eigenvalue weighted by Crippen LogP contribution is -2.36. The van der Waals surface area contributed by atoms with Crippen LogP contribution in [0.1, 0.15) is 6.42 Å². The number of para-hydroxylation sites is 2.